The second-order valence-corrected chi connectivity index (χ2v) is 8.77. The zero-order valence-electron chi connectivity index (χ0n) is 19.9. The van der Waals surface area contributed by atoms with E-state index in [0.717, 1.165) is 44.7 Å². The van der Waals surface area contributed by atoms with Gasteiger partial charge in [-0.1, -0.05) is 54.6 Å². The predicted octanol–water partition coefficient (Wildman–Crippen LogP) is 3.93. The molecule has 0 bridgehead atoms. The second-order valence-electron chi connectivity index (χ2n) is 8.77. The number of amides is 1. The molecule has 1 aliphatic rings. The molecule has 0 aromatic heterocycles. The Morgan fingerprint density at radius 2 is 1.63 bits per heavy atom. The molecule has 7 nitrogen and oxygen atoms in total. The van der Waals surface area contributed by atoms with Gasteiger partial charge in [0.15, 0.2) is 5.75 Å². The van der Waals surface area contributed by atoms with E-state index < -0.39 is 12.0 Å². The Bertz CT molecular complexity index is 1070. The monoisotopic (exact) mass is 475 g/mol. The fourth-order valence-corrected chi connectivity index (χ4v) is 4.30. The molecule has 0 radical (unpaired) electrons. The van der Waals surface area contributed by atoms with E-state index >= 15 is 0 Å². The molecule has 1 fully saturated rings. The smallest absolute Gasteiger partial charge is 0.252 e. The predicted molar refractivity (Wildman–Crippen MR) is 136 cm³/mol. The number of nitrogens with two attached hydrogens (primary N) is 1. The van der Waals surface area contributed by atoms with Crippen LogP contribution in [0.1, 0.15) is 40.4 Å². The number of aliphatic hydroxyl groups is 1. The largest absolute Gasteiger partial charge is 0.388 e. The number of benzene rings is 3. The van der Waals surface area contributed by atoms with Gasteiger partial charge < -0.3 is 20.6 Å². The van der Waals surface area contributed by atoms with Crippen molar-refractivity contribution in [1.82, 2.24) is 4.90 Å². The average molecular weight is 476 g/mol. The molecule has 1 amide bonds. The Morgan fingerprint density at radius 1 is 0.943 bits per heavy atom. The topological polar surface area (TPSA) is 88.3 Å². The summed E-state index contributed by atoms with van der Waals surface area (Å²) in [5.74, 6) is -0.394. The van der Waals surface area contributed by atoms with Crippen molar-refractivity contribution in [2.24, 2.45) is 5.73 Å². The fourth-order valence-electron chi connectivity index (χ4n) is 4.30. The van der Waals surface area contributed by atoms with Gasteiger partial charge >= 0.3 is 0 Å². The molecule has 0 saturated carbocycles. The van der Waals surface area contributed by atoms with Crippen molar-refractivity contribution in [3.05, 3.63) is 95.6 Å². The molecule has 35 heavy (non-hydrogen) atoms. The number of nitrogens with zero attached hydrogens (tertiary/aromatic N) is 2. The van der Waals surface area contributed by atoms with Crippen molar-refractivity contribution in [2.75, 3.05) is 37.6 Å². The lowest BCUT2D eigenvalue weighted by Gasteiger charge is -2.36. The molecule has 3 aromatic carbocycles. The van der Waals surface area contributed by atoms with Crippen LogP contribution in [0, 0.1) is 0 Å². The van der Waals surface area contributed by atoms with Crippen LogP contribution < -0.4 is 15.5 Å². The van der Waals surface area contributed by atoms with Gasteiger partial charge in [0.2, 0.25) is 0 Å². The SMILES string of the molecule is NC(=O)c1cc(C(O)CCCN2CCN(c3ccccc3)CC2)ccc1OOCc1ccccc1. The van der Waals surface area contributed by atoms with Crippen LogP contribution >= 0.6 is 0 Å². The number of carbonyl (C=O) groups is 1. The molecule has 3 aromatic rings. The summed E-state index contributed by atoms with van der Waals surface area (Å²) in [6.07, 6.45) is 0.775. The summed E-state index contributed by atoms with van der Waals surface area (Å²) >= 11 is 0. The number of para-hydroxylation sites is 1. The van der Waals surface area contributed by atoms with Crippen molar-refractivity contribution >= 4 is 11.6 Å². The van der Waals surface area contributed by atoms with E-state index in [9.17, 15) is 9.90 Å². The maximum absolute atomic E-state index is 12.0. The quantitative estimate of drug-likeness (QED) is 0.323. The number of carbonyl (C=O) groups excluding carboxylic acids is 1. The molecule has 4 rings (SSSR count). The molecule has 3 N–H and O–H groups in total. The second kappa shape index (κ2) is 12.4. The van der Waals surface area contributed by atoms with Crippen LogP contribution in [0.5, 0.6) is 5.75 Å². The lowest BCUT2D eigenvalue weighted by atomic mass is 10.0. The number of anilines is 1. The van der Waals surface area contributed by atoms with Gasteiger partial charge in [-0.2, -0.15) is 4.89 Å². The third-order valence-corrected chi connectivity index (χ3v) is 6.32. The van der Waals surface area contributed by atoms with E-state index in [0.29, 0.717) is 12.0 Å². The molecule has 1 saturated heterocycles. The summed E-state index contributed by atoms with van der Waals surface area (Å²) in [5.41, 5.74) is 8.59. The van der Waals surface area contributed by atoms with E-state index in [1.165, 1.54) is 5.69 Å². The first-order chi connectivity index (χ1) is 17.1. The summed E-state index contributed by atoms with van der Waals surface area (Å²) in [5, 5.41) is 10.7. The van der Waals surface area contributed by atoms with Crippen LogP contribution in [-0.2, 0) is 11.5 Å². The van der Waals surface area contributed by atoms with E-state index in [1.54, 1.807) is 18.2 Å². The highest BCUT2D eigenvalue weighted by molar-refractivity contribution is 5.95. The standard InChI is InChI=1S/C28H33N3O4/c29-28(33)25-20-23(13-14-27(25)35-34-21-22-8-3-1-4-9-22)26(32)12-7-15-30-16-18-31(19-17-30)24-10-5-2-6-11-24/h1-6,8-11,13-14,20,26,32H,7,12,15-19,21H2,(H2,29,33). The molecule has 1 atom stereocenters. The first-order valence-corrected chi connectivity index (χ1v) is 12.1. The fraction of sp³-hybridized carbons (Fsp3) is 0.321. The average Bonchev–Trinajstić information content (AvgIpc) is 2.90. The van der Waals surface area contributed by atoms with Gasteiger partial charge in [0.25, 0.3) is 5.91 Å². The molecule has 1 unspecified atom stereocenters. The number of hydrogen-bond donors (Lipinski definition) is 2. The third kappa shape index (κ3) is 7.05. The number of piperazine rings is 1. The van der Waals surface area contributed by atoms with E-state index in [4.69, 9.17) is 15.5 Å². The van der Waals surface area contributed by atoms with Gasteiger partial charge in [-0.3, -0.25) is 9.69 Å². The Hall–Kier alpha value is -3.39. The Kier molecular flexibility index (Phi) is 8.73. The number of primary amides is 1. The zero-order valence-corrected chi connectivity index (χ0v) is 19.9. The number of hydrogen-bond acceptors (Lipinski definition) is 6. The molecule has 1 heterocycles. The minimum atomic E-state index is -0.682. The van der Waals surface area contributed by atoms with Crippen LogP contribution in [0.2, 0.25) is 0 Å². The highest BCUT2D eigenvalue weighted by Gasteiger charge is 2.19. The summed E-state index contributed by atoms with van der Waals surface area (Å²) in [4.78, 5) is 27.4. The minimum absolute atomic E-state index is 0.187. The highest BCUT2D eigenvalue weighted by atomic mass is 17.2. The normalized spacial score (nSPS) is 15.1. The summed E-state index contributed by atoms with van der Waals surface area (Å²) in [6, 6.07) is 25.0. The van der Waals surface area contributed by atoms with Crippen LogP contribution in [0.15, 0.2) is 78.9 Å². The van der Waals surface area contributed by atoms with Gasteiger partial charge in [-0.15, -0.1) is 0 Å². The molecule has 1 aliphatic heterocycles. The number of rotatable bonds is 11. The van der Waals surface area contributed by atoms with Crippen LogP contribution in [0.3, 0.4) is 0 Å². The Morgan fingerprint density at radius 3 is 2.31 bits per heavy atom. The molecule has 0 spiro atoms. The van der Waals surface area contributed by atoms with E-state index in [1.807, 2.05) is 36.4 Å². The van der Waals surface area contributed by atoms with Crippen LogP contribution in [0.4, 0.5) is 5.69 Å². The van der Waals surface area contributed by atoms with Crippen molar-refractivity contribution < 1.29 is 19.7 Å². The van der Waals surface area contributed by atoms with Crippen molar-refractivity contribution in [3.63, 3.8) is 0 Å². The van der Waals surface area contributed by atoms with Gasteiger partial charge in [0.1, 0.15) is 6.61 Å². The third-order valence-electron chi connectivity index (χ3n) is 6.32. The summed E-state index contributed by atoms with van der Waals surface area (Å²) in [6.45, 7) is 5.18. The molecule has 7 heteroatoms. The molecular weight excluding hydrogens is 442 g/mol. The molecular formula is C28H33N3O4. The minimum Gasteiger partial charge on any atom is -0.388 e. The van der Waals surface area contributed by atoms with Crippen LogP contribution in [-0.4, -0.2) is 48.6 Å². The lowest BCUT2D eigenvalue weighted by molar-refractivity contribution is -0.217. The summed E-state index contributed by atoms with van der Waals surface area (Å²) in [7, 11) is 0. The first kappa shape index (κ1) is 24.7. The van der Waals surface area contributed by atoms with E-state index in [2.05, 4.69) is 34.1 Å². The van der Waals surface area contributed by atoms with Gasteiger partial charge in [-0.05, 0) is 54.8 Å². The maximum atomic E-state index is 12.0. The highest BCUT2D eigenvalue weighted by Crippen LogP contribution is 2.26. The van der Waals surface area contributed by atoms with Crippen molar-refractivity contribution in [1.29, 1.82) is 0 Å². The zero-order chi connectivity index (χ0) is 24.5. The molecule has 0 aliphatic carbocycles. The van der Waals surface area contributed by atoms with Gasteiger partial charge in [-0.25, -0.2) is 0 Å². The number of aliphatic hydroxyl groups excluding tert-OH is 1. The maximum Gasteiger partial charge on any atom is 0.252 e. The summed E-state index contributed by atoms with van der Waals surface area (Å²) < 4.78 is 0. The van der Waals surface area contributed by atoms with Crippen LogP contribution in [0.25, 0.3) is 0 Å². The Balaban J connectivity index is 1.24. The Labute approximate surface area is 206 Å². The molecule has 184 valence electrons. The van der Waals surface area contributed by atoms with Crippen molar-refractivity contribution in [2.45, 2.75) is 25.6 Å². The first-order valence-electron chi connectivity index (χ1n) is 12.1. The van der Waals surface area contributed by atoms with Gasteiger partial charge in [0.05, 0.1) is 11.7 Å². The lowest BCUT2D eigenvalue weighted by Crippen LogP contribution is -2.46. The van der Waals surface area contributed by atoms with Gasteiger partial charge in [0, 0.05) is 31.9 Å². The van der Waals surface area contributed by atoms with Crippen molar-refractivity contribution in [3.8, 4) is 5.75 Å². The van der Waals surface area contributed by atoms with E-state index in [-0.39, 0.29) is 17.9 Å².